The van der Waals surface area contributed by atoms with Crippen LogP contribution < -0.4 is 10.2 Å². The van der Waals surface area contributed by atoms with Crippen LogP contribution >= 0.6 is 11.3 Å². The second-order valence-electron chi connectivity index (χ2n) is 9.86. The van der Waals surface area contributed by atoms with Gasteiger partial charge in [-0.25, -0.2) is 18.1 Å². The average Bonchev–Trinajstić information content (AvgIpc) is 3.41. The van der Waals surface area contributed by atoms with Gasteiger partial charge < -0.3 is 10.1 Å². The summed E-state index contributed by atoms with van der Waals surface area (Å²) in [6.07, 6.45) is 0.899. The Morgan fingerprint density at radius 3 is 2.41 bits per heavy atom. The molecule has 0 spiro atoms. The topological polar surface area (TPSA) is 136 Å². The predicted molar refractivity (Wildman–Crippen MR) is 159 cm³/mol. The average molecular weight is 595 g/mol. The number of aromatic nitrogens is 2. The molecule has 0 aliphatic carbocycles. The van der Waals surface area contributed by atoms with Gasteiger partial charge in [-0.15, -0.1) is 10.2 Å². The third kappa shape index (κ3) is 7.33. The summed E-state index contributed by atoms with van der Waals surface area (Å²) in [5, 5.41) is 12.6. The highest BCUT2D eigenvalue weighted by Gasteiger charge is 2.31. The fraction of sp³-hybridized carbons (Fsp3) is 0.276. The number of nitrogens with one attached hydrogen (secondary N) is 1. The van der Waals surface area contributed by atoms with E-state index < -0.39 is 28.2 Å². The second-order valence-corrected chi connectivity index (χ2v) is 11.8. The third-order valence-corrected chi connectivity index (χ3v) is 7.98. The Kier molecular flexibility index (Phi) is 9.46. The van der Waals surface area contributed by atoms with Crippen molar-refractivity contribution in [2.75, 3.05) is 17.2 Å². The lowest BCUT2D eigenvalue weighted by Crippen LogP contribution is -2.38. The fourth-order valence-electron chi connectivity index (χ4n) is 4.12. The van der Waals surface area contributed by atoms with Crippen molar-refractivity contribution in [3.63, 3.8) is 0 Å². The van der Waals surface area contributed by atoms with Gasteiger partial charge in [0.05, 0.1) is 11.4 Å². The van der Waals surface area contributed by atoms with E-state index in [1.807, 2.05) is 31.2 Å². The van der Waals surface area contributed by atoms with Gasteiger partial charge in [0.15, 0.2) is 5.01 Å². The number of hydrogen-bond acceptors (Lipinski definition) is 9. The van der Waals surface area contributed by atoms with Crippen LogP contribution in [0.25, 0.3) is 10.8 Å². The van der Waals surface area contributed by atoms with Crippen LogP contribution in [0.5, 0.6) is 0 Å². The monoisotopic (exact) mass is 594 g/mol. The third-order valence-electron chi connectivity index (χ3n) is 6.05. The molecule has 0 saturated heterocycles. The zero-order chi connectivity index (χ0) is 29.6. The molecular formula is C29H30N4O6S2. The van der Waals surface area contributed by atoms with Gasteiger partial charge in [0.25, 0.3) is 5.91 Å². The number of ether oxygens (including phenoxy) is 1. The van der Waals surface area contributed by atoms with Crippen LogP contribution in [0, 0.1) is 0 Å². The van der Waals surface area contributed by atoms with Crippen molar-refractivity contribution in [2.24, 2.45) is 0 Å². The molecule has 0 atom stereocenters. The zero-order valence-corrected chi connectivity index (χ0v) is 24.5. The number of anilines is 2. The van der Waals surface area contributed by atoms with E-state index in [0.717, 1.165) is 39.9 Å². The standard InChI is InChI=1S/C29H30N4O6S2/c1-4-5-15-30-25(35)23-17-20(16-19-11-9-10-14-22(19)23)24(34)26-31-32-27(40-26)33(21-12-7-6-8-13-21)28(36)39-29(2,3)18-41(37)38/h6-14,16-17,41H,4-5,15,18H2,1-3H3,(H,30,35). The van der Waals surface area contributed by atoms with Crippen LogP contribution in [0.15, 0.2) is 66.7 Å². The molecule has 214 valence electrons. The molecule has 0 radical (unpaired) electrons. The van der Waals surface area contributed by atoms with Crippen LogP contribution in [0.2, 0.25) is 0 Å². The van der Waals surface area contributed by atoms with Crippen LogP contribution in [0.3, 0.4) is 0 Å². The molecule has 0 aliphatic rings. The normalized spacial score (nSPS) is 11.4. The van der Waals surface area contributed by atoms with Crippen LogP contribution in [0.4, 0.5) is 15.6 Å². The first-order valence-electron chi connectivity index (χ1n) is 13.0. The minimum Gasteiger partial charge on any atom is -0.442 e. The summed E-state index contributed by atoms with van der Waals surface area (Å²) in [5.74, 6) is -1.11. The van der Waals surface area contributed by atoms with Gasteiger partial charge in [-0.2, -0.15) is 0 Å². The SMILES string of the molecule is CCCCNC(=O)c1cc(C(=O)c2nnc(N(C(=O)OC(C)(C)C[SH](=O)=O)c3ccccc3)s2)cc2ccccc12. The van der Waals surface area contributed by atoms with E-state index in [1.54, 1.807) is 42.5 Å². The molecule has 4 rings (SSSR count). The second kappa shape index (κ2) is 13.0. The van der Waals surface area contributed by atoms with Crippen molar-refractivity contribution >= 4 is 61.4 Å². The van der Waals surface area contributed by atoms with Crippen molar-refractivity contribution in [3.8, 4) is 0 Å². The van der Waals surface area contributed by atoms with Crippen LogP contribution in [-0.4, -0.2) is 54.3 Å². The van der Waals surface area contributed by atoms with Crippen molar-refractivity contribution in [3.05, 3.63) is 82.9 Å². The molecule has 41 heavy (non-hydrogen) atoms. The largest absolute Gasteiger partial charge is 0.442 e. The van der Waals surface area contributed by atoms with E-state index in [-0.39, 0.29) is 27.4 Å². The summed E-state index contributed by atoms with van der Waals surface area (Å²) in [5.41, 5.74) is -0.282. The zero-order valence-electron chi connectivity index (χ0n) is 22.8. The Hall–Kier alpha value is -4.16. The number of carbonyl (C=O) groups excluding carboxylic acids is 3. The van der Waals surface area contributed by atoms with Crippen molar-refractivity contribution in [1.29, 1.82) is 0 Å². The molecule has 0 aliphatic heterocycles. The Bertz CT molecular complexity index is 1640. The maximum atomic E-state index is 13.6. The van der Waals surface area contributed by atoms with Gasteiger partial charge in [0, 0.05) is 17.7 Å². The van der Waals surface area contributed by atoms with Crippen molar-refractivity contribution in [1.82, 2.24) is 15.5 Å². The van der Waals surface area contributed by atoms with Gasteiger partial charge >= 0.3 is 6.09 Å². The minimum atomic E-state index is -2.80. The molecule has 1 heterocycles. The summed E-state index contributed by atoms with van der Waals surface area (Å²) in [4.78, 5) is 41.0. The van der Waals surface area contributed by atoms with E-state index in [4.69, 9.17) is 4.74 Å². The van der Waals surface area contributed by atoms with Crippen LogP contribution in [0.1, 0.15) is 59.3 Å². The summed E-state index contributed by atoms with van der Waals surface area (Å²) in [6.45, 7) is 5.54. The molecule has 0 saturated carbocycles. The molecule has 0 bridgehead atoms. The molecule has 1 aromatic heterocycles. The molecule has 0 fully saturated rings. The number of rotatable bonds is 11. The first-order valence-corrected chi connectivity index (χ1v) is 15.2. The van der Waals surface area contributed by atoms with E-state index >= 15 is 0 Å². The number of nitrogens with zero attached hydrogens (tertiary/aromatic N) is 3. The summed E-state index contributed by atoms with van der Waals surface area (Å²) in [7, 11) is -2.80. The van der Waals surface area contributed by atoms with Gasteiger partial charge in [0.1, 0.15) is 16.3 Å². The number of carbonyl (C=O) groups is 3. The minimum absolute atomic E-state index is 0.00301. The van der Waals surface area contributed by atoms with Crippen molar-refractivity contribution in [2.45, 2.75) is 39.2 Å². The quantitative estimate of drug-likeness (QED) is 0.139. The van der Waals surface area contributed by atoms with Gasteiger partial charge in [-0.05, 0) is 55.3 Å². The van der Waals surface area contributed by atoms with Gasteiger partial charge in [0.2, 0.25) is 10.9 Å². The first-order chi connectivity index (χ1) is 19.6. The smallest absolute Gasteiger partial charge is 0.421 e. The Labute approximate surface area is 243 Å². The Morgan fingerprint density at radius 2 is 1.71 bits per heavy atom. The molecule has 3 aromatic carbocycles. The maximum absolute atomic E-state index is 13.6. The molecule has 0 unspecified atom stereocenters. The summed E-state index contributed by atoms with van der Waals surface area (Å²) >= 11 is 0.877. The van der Waals surface area contributed by atoms with Crippen molar-refractivity contribution < 1.29 is 27.5 Å². The molecular weight excluding hydrogens is 564 g/mol. The Morgan fingerprint density at radius 1 is 1.00 bits per heavy atom. The Balaban J connectivity index is 1.69. The highest BCUT2D eigenvalue weighted by atomic mass is 32.2. The molecule has 1 N–H and O–H groups in total. The highest BCUT2D eigenvalue weighted by Crippen LogP contribution is 2.32. The molecule has 12 heteroatoms. The summed E-state index contributed by atoms with van der Waals surface area (Å²) < 4.78 is 28.1. The number of para-hydroxylation sites is 1. The number of amides is 2. The van der Waals surface area contributed by atoms with E-state index in [9.17, 15) is 22.8 Å². The number of thiol groups is 1. The van der Waals surface area contributed by atoms with E-state index in [2.05, 4.69) is 15.5 Å². The lowest BCUT2D eigenvalue weighted by molar-refractivity contribution is 0.0625. The van der Waals surface area contributed by atoms with Gasteiger partial charge in [-0.3, -0.25) is 9.59 Å². The molecule has 4 aromatic rings. The van der Waals surface area contributed by atoms with E-state index in [0.29, 0.717) is 17.8 Å². The number of fused-ring (bicyclic) bond motifs is 1. The van der Waals surface area contributed by atoms with Crippen LogP contribution in [-0.2, 0) is 15.4 Å². The number of unbranched alkanes of at least 4 members (excludes halogenated alkanes) is 1. The molecule has 10 nitrogen and oxygen atoms in total. The number of hydrogen-bond donors (Lipinski definition) is 2. The lowest BCUT2D eigenvalue weighted by atomic mass is 9.98. The number of benzene rings is 3. The predicted octanol–water partition coefficient (Wildman–Crippen LogP) is 5.12. The maximum Gasteiger partial charge on any atom is 0.421 e. The summed E-state index contributed by atoms with van der Waals surface area (Å²) in [6, 6.07) is 19.0. The van der Waals surface area contributed by atoms with Gasteiger partial charge in [-0.1, -0.05) is 67.1 Å². The lowest BCUT2D eigenvalue weighted by Gasteiger charge is -2.27. The van der Waals surface area contributed by atoms with E-state index in [1.165, 1.54) is 13.8 Å². The molecule has 2 amide bonds. The first kappa shape index (κ1) is 29.8. The highest BCUT2D eigenvalue weighted by molar-refractivity contribution is 7.72. The number of ketones is 1. The fourth-order valence-corrected chi connectivity index (χ4v) is 5.63.